The second-order valence-electron chi connectivity index (χ2n) is 5.49. The smallest absolute Gasteiger partial charge is 0.257 e. The van der Waals surface area contributed by atoms with Crippen LogP contribution in [0, 0.1) is 5.82 Å². The zero-order valence-electron chi connectivity index (χ0n) is 14.0. The van der Waals surface area contributed by atoms with E-state index in [-0.39, 0.29) is 24.4 Å². The summed E-state index contributed by atoms with van der Waals surface area (Å²) in [5.74, 6) is -0.169. The molecule has 0 radical (unpaired) electrons. The third kappa shape index (κ3) is 6.84. The van der Waals surface area contributed by atoms with Crippen molar-refractivity contribution >= 4 is 21.8 Å². The van der Waals surface area contributed by atoms with E-state index < -0.39 is 0 Å². The van der Waals surface area contributed by atoms with Crippen molar-refractivity contribution in [1.82, 2.24) is 5.32 Å². The zero-order valence-corrected chi connectivity index (χ0v) is 15.6. The number of carbonyl (C=O) groups excluding carboxylic acids is 1. The van der Waals surface area contributed by atoms with E-state index in [1.54, 1.807) is 0 Å². The first-order valence-electron chi connectivity index (χ1n) is 8.07. The van der Waals surface area contributed by atoms with Crippen LogP contribution in [0.15, 0.2) is 53.0 Å². The fourth-order valence-corrected chi connectivity index (χ4v) is 2.63. The van der Waals surface area contributed by atoms with E-state index >= 15 is 0 Å². The van der Waals surface area contributed by atoms with Crippen LogP contribution in [0.1, 0.15) is 25.0 Å². The van der Waals surface area contributed by atoms with Crippen LogP contribution in [0.25, 0.3) is 0 Å². The fourth-order valence-electron chi connectivity index (χ4n) is 2.17. The number of amides is 1. The van der Waals surface area contributed by atoms with E-state index in [9.17, 15) is 9.18 Å². The summed E-state index contributed by atoms with van der Waals surface area (Å²) in [6.07, 6.45) is 0.736. The Morgan fingerprint density at radius 3 is 2.72 bits per heavy atom. The lowest BCUT2D eigenvalue weighted by Crippen LogP contribution is -2.30. The molecule has 1 atom stereocenters. The van der Waals surface area contributed by atoms with Gasteiger partial charge in [0.1, 0.15) is 11.6 Å². The van der Waals surface area contributed by atoms with Gasteiger partial charge in [-0.2, -0.15) is 0 Å². The number of nitrogens with one attached hydrogen (secondary N) is 1. The van der Waals surface area contributed by atoms with Crippen molar-refractivity contribution < 1.29 is 18.7 Å². The molecule has 2 aromatic rings. The highest BCUT2D eigenvalue weighted by Crippen LogP contribution is 2.25. The molecular weight excluding hydrogens is 389 g/mol. The predicted molar refractivity (Wildman–Crippen MR) is 98.0 cm³/mol. The summed E-state index contributed by atoms with van der Waals surface area (Å²) in [4.78, 5) is 11.7. The Kier molecular flexibility index (Phi) is 7.88. The molecule has 0 aliphatic rings. The van der Waals surface area contributed by atoms with Crippen molar-refractivity contribution in [3.63, 3.8) is 0 Å². The van der Waals surface area contributed by atoms with Gasteiger partial charge < -0.3 is 14.8 Å². The maximum absolute atomic E-state index is 13.0. The van der Waals surface area contributed by atoms with E-state index in [1.807, 2.05) is 37.3 Å². The summed E-state index contributed by atoms with van der Waals surface area (Å²) in [5, 5.41) is 2.76. The lowest BCUT2D eigenvalue weighted by atomic mass is 10.1. The number of halogens is 2. The molecule has 1 N–H and O–H groups in total. The Morgan fingerprint density at radius 2 is 2.00 bits per heavy atom. The van der Waals surface area contributed by atoms with Gasteiger partial charge in [0.25, 0.3) is 5.91 Å². The quantitative estimate of drug-likeness (QED) is 0.629. The molecule has 134 valence electrons. The maximum atomic E-state index is 13.0. The van der Waals surface area contributed by atoms with Crippen molar-refractivity contribution in [2.45, 2.75) is 19.4 Å². The first-order valence-corrected chi connectivity index (χ1v) is 8.86. The molecule has 1 amide bonds. The van der Waals surface area contributed by atoms with E-state index in [0.717, 1.165) is 5.56 Å². The van der Waals surface area contributed by atoms with E-state index in [0.29, 0.717) is 29.8 Å². The van der Waals surface area contributed by atoms with Crippen LogP contribution in [0.2, 0.25) is 0 Å². The Balaban J connectivity index is 1.59. The van der Waals surface area contributed by atoms with Gasteiger partial charge in [-0.05, 0) is 53.0 Å². The third-order valence-electron chi connectivity index (χ3n) is 3.53. The lowest BCUT2D eigenvalue weighted by Gasteiger charge is -2.13. The minimum Gasteiger partial charge on any atom is -0.483 e. The molecule has 0 spiro atoms. The molecule has 0 heterocycles. The fraction of sp³-hybridized carbons (Fsp3) is 0.316. The average molecular weight is 410 g/mol. The molecule has 0 saturated heterocycles. The van der Waals surface area contributed by atoms with Gasteiger partial charge in [-0.25, -0.2) is 4.39 Å². The number of benzene rings is 2. The van der Waals surface area contributed by atoms with Gasteiger partial charge in [0.15, 0.2) is 6.61 Å². The molecule has 6 heteroatoms. The van der Waals surface area contributed by atoms with Gasteiger partial charge >= 0.3 is 0 Å². The number of hydrogen-bond acceptors (Lipinski definition) is 3. The lowest BCUT2D eigenvalue weighted by molar-refractivity contribution is -0.123. The van der Waals surface area contributed by atoms with Crippen LogP contribution < -0.4 is 10.1 Å². The normalized spacial score (nSPS) is 11.8. The molecule has 0 aromatic heterocycles. The first-order chi connectivity index (χ1) is 12.1. The molecule has 0 bridgehead atoms. The van der Waals surface area contributed by atoms with E-state index in [2.05, 4.69) is 21.2 Å². The molecule has 2 aromatic carbocycles. The van der Waals surface area contributed by atoms with Crippen molar-refractivity contribution in [2.75, 3.05) is 19.8 Å². The Labute approximate surface area is 155 Å². The summed E-state index contributed by atoms with van der Waals surface area (Å²) < 4.78 is 24.5. The third-order valence-corrected chi connectivity index (χ3v) is 4.15. The molecule has 4 nitrogen and oxygen atoms in total. The summed E-state index contributed by atoms with van der Waals surface area (Å²) in [5.41, 5.74) is 1.13. The maximum Gasteiger partial charge on any atom is 0.257 e. The Hall–Kier alpha value is -1.92. The summed E-state index contributed by atoms with van der Waals surface area (Å²) in [7, 11) is 0. The zero-order chi connectivity index (χ0) is 18.1. The summed E-state index contributed by atoms with van der Waals surface area (Å²) >= 11 is 3.19. The number of carbonyl (C=O) groups is 1. The summed E-state index contributed by atoms with van der Waals surface area (Å²) in [6.45, 7) is 2.95. The van der Waals surface area contributed by atoms with Gasteiger partial charge in [0, 0.05) is 13.2 Å². The van der Waals surface area contributed by atoms with Crippen LogP contribution in [0.3, 0.4) is 0 Å². The topological polar surface area (TPSA) is 47.6 Å². The van der Waals surface area contributed by atoms with Gasteiger partial charge in [0.05, 0.1) is 10.6 Å². The minimum absolute atomic E-state index is 0.0241. The van der Waals surface area contributed by atoms with Crippen LogP contribution >= 0.6 is 15.9 Å². The highest BCUT2D eigenvalue weighted by Gasteiger charge is 2.07. The van der Waals surface area contributed by atoms with E-state index in [4.69, 9.17) is 9.47 Å². The molecule has 0 aliphatic carbocycles. The van der Waals surface area contributed by atoms with Gasteiger partial charge in [-0.3, -0.25) is 4.79 Å². The van der Waals surface area contributed by atoms with Crippen LogP contribution in [-0.2, 0) is 9.53 Å². The average Bonchev–Trinajstić information content (AvgIpc) is 2.61. The van der Waals surface area contributed by atoms with Gasteiger partial charge in [0.2, 0.25) is 0 Å². The van der Waals surface area contributed by atoms with Gasteiger partial charge in [-0.1, -0.05) is 30.3 Å². The van der Waals surface area contributed by atoms with Gasteiger partial charge in [-0.15, -0.1) is 0 Å². The van der Waals surface area contributed by atoms with Crippen LogP contribution in [0.5, 0.6) is 5.75 Å². The largest absolute Gasteiger partial charge is 0.483 e. The number of hydrogen-bond donors (Lipinski definition) is 1. The highest BCUT2D eigenvalue weighted by atomic mass is 79.9. The molecule has 1 unspecified atom stereocenters. The molecule has 25 heavy (non-hydrogen) atoms. The molecule has 2 rings (SSSR count). The Morgan fingerprint density at radius 1 is 1.24 bits per heavy atom. The SMILES string of the molecule is CC(OCCCNC(=O)COc1ccc(F)cc1Br)c1ccccc1. The van der Waals surface area contributed by atoms with Crippen LogP contribution in [-0.4, -0.2) is 25.7 Å². The second-order valence-corrected chi connectivity index (χ2v) is 6.34. The Bertz CT molecular complexity index is 682. The number of rotatable bonds is 9. The van der Waals surface area contributed by atoms with E-state index in [1.165, 1.54) is 18.2 Å². The van der Waals surface area contributed by atoms with Crippen LogP contribution in [0.4, 0.5) is 4.39 Å². The standard InChI is InChI=1S/C19H21BrFNO3/c1-14(15-6-3-2-4-7-15)24-11-5-10-22-19(23)13-25-18-9-8-16(21)12-17(18)20/h2-4,6-9,12,14H,5,10-11,13H2,1H3,(H,22,23). The van der Waals surface area contributed by atoms with Crippen molar-refractivity contribution in [3.8, 4) is 5.75 Å². The molecule has 0 fully saturated rings. The summed E-state index contributed by atoms with van der Waals surface area (Å²) in [6, 6.07) is 14.0. The second kappa shape index (κ2) is 10.2. The van der Waals surface area contributed by atoms with Crippen molar-refractivity contribution in [1.29, 1.82) is 0 Å². The molecular formula is C19H21BrFNO3. The number of ether oxygens (including phenoxy) is 2. The van der Waals surface area contributed by atoms with Crippen molar-refractivity contribution in [3.05, 3.63) is 64.4 Å². The minimum atomic E-state index is -0.367. The molecule has 0 aliphatic heterocycles. The van der Waals surface area contributed by atoms with Crippen molar-refractivity contribution in [2.24, 2.45) is 0 Å². The molecule has 0 saturated carbocycles. The monoisotopic (exact) mass is 409 g/mol. The predicted octanol–water partition coefficient (Wildman–Crippen LogP) is 4.25. The highest BCUT2D eigenvalue weighted by molar-refractivity contribution is 9.10. The first kappa shape index (κ1) is 19.4.